The molecule has 0 spiro atoms. The number of ether oxygens (including phenoxy) is 1. The van der Waals surface area contributed by atoms with Crippen LogP contribution in [0.15, 0.2) is 24.3 Å². The minimum Gasteiger partial charge on any atom is -0.465 e. The number of rotatable bonds is 9. The van der Waals surface area contributed by atoms with E-state index in [9.17, 15) is 4.79 Å². The van der Waals surface area contributed by atoms with E-state index in [0.29, 0.717) is 18.9 Å². The molecule has 0 N–H and O–H groups in total. The van der Waals surface area contributed by atoms with E-state index >= 15 is 0 Å². The summed E-state index contributed by atoms with van der Waals surface area (Å²) in [6.07, 6.45) is 4.73. The molecule has 0 amide bonds. The molecule has 2 heteroatoms. The molecule has 0 radical (unpaired) electrons. The van der Waals surface area contributed by atoms with Gasteiger partial charge in [-0.15, -0.1) is 6.58 Å². The van der Waals surface area contributed by atoms with Gasteiger partial charge in [0.05, 0.1) is 13.0 Å². The Labute approximate surface area is 106 Å². The highest BCUT2D eigenvalue weighted by molar-refractivity contribution is 5.72. The molecule has 0 rings (SSSR count). The number of hydrogen-bond acceptors (Lipinski definition) is 2. The Morgan fingerprint density at radius 3 is 2.35 bits per heavy atom. The second-order valence-corrected chi connectivity index (χ2v) is 5.10. The molecule has 98 valence electrons. The Morgan fingerprint density at radius 1 is 1.18 bits per heavy atom. The van der Waals surface area contributed by atoms with Gasteiger partial charge in [0.1, 0.15) is 0 Å². The lowest BCUT2D eigenvalue weighted by molar-refractivity contribution is -0.143. The number of hydrogen-bond donors (Lipinski definition) is 0. The normalized spacial score (nSPS) is 11.9. The van der Waals surface area contributed by atoms with Crippen LogP contribution >= 0.6 is 0 Å². The highest BCUT2D eigenvalue weighted by Crippen LogP contribution is 2.14. The maximum atomic E-state index is 11.2. The van der Waals surface area contributed by atoms with Crippen molar-refractivity contribution in [3.05, 3.63) is 24.3 Å². The van der Waals surface area contributed by atoms with E-state index in [-0.39, 0.29) is 5.97 Å². The topological polar surface area (TPSA) is 26.3 Å². The Hall–Kier alpha value is -1.05. The van der Waals surface area contributed by atoms with Crippen LogP contribution < -0.4 is 0 Å². The quantitative estimate of drug-likeness (QED) is 0.443. The van der Waals surface area contributed by atoms with Gasteiger partial charge in [-0.1, -0.05) is 31.1 Å². The van der Waals surface area contributed by atoms with Gasteiger partial charge in [0, 0.05) is 0 Å². The molecule has 0 aliphatic rings. The van der Waals surface area contributed by atoms with Crippen LogP contribution in [0.3, 0.4) is 0 Å². The lowest BCUT2D eigenvalue weighted by atomic mass is 9.99. The van der Waals surface area contributed by atoms with Gasteiger partial charge in [0.2, 0.25) is 0 Å². The van der Waals surface area contributed by atoms with Crippen LogP contribution in [-0.4, -0.2) is 12.6 Å². The van der Waals surface area contributed by atoms with Crippen molar-refractivity contribution in [2.45, 2.75) is 52.9 Å². The van der Waals surface area contributed by atoms with Gasteiger partial charge in [0.25, 0.3) is 0 Å². The van der Waals surface area contributed by atoms with Gasteiger partial charge < -0.3 is 4.74 Å². The Kier molecular flexibility index (Phi) is 8.47. The van der Waals surface area contributed by atoms with Crippen LogP contribution in [0, 0.1) is 5.92 Å². The fourth-order valence-electron chi connectivity index (χ4n) is 1.57. The van der Waals surface area contributed by atoms with Gasteiger partial charge >= 0.3 is 5.97 Å². The third-order valence-corrected chi connectivity index (χ3v) is 2.62. The van der Waals surface area contributed by atoms with Crippen molar-refractivity contribution < 1.29 is 9.53 Å². The van der Waals surface area contributed by atoms with Gasteiger partial charge in [-0.05, 0) is 39.0 Å². The second-order valence-electron chi connectivity index (χ2n) is 5.10. The van der Waals surface area contributed by atoms with E-state index in [0.717, 1.165) is 18.4 Å². The standard InChI is InChI=1S/C15H26O2/c1-12(2)7-6-8-14(5)9-10-17-15(16)11-13(3)4/h14H,1,3,6-11H2,2,4-5H3. The SMILES string of the molecule is C=C(C)CCCC(C)CCOC(=O)CC(=C)C. The third-order valence-electron chi connectivity index (χ3n) is 2.62. The third kappa shape index (κ3) is 11.2. The molecule has 0 saturated heterocycles. The monoisotopic (exact) mass is 238 g/mol. The molecule has 0 aromatic rings. The number of carbonyl (C=O) groups excluding carboxylic acids is 1. The van der Waals surface area contributed by atoms with Crippen LogP contribution in [-0.2, 0) is 9.53 Å². The van der Waals surface area contributed by atoms with Gasteiger partial charge in [0.15, 0.2) is 0 Å². The van der Waals surface area contributed by atoms with E-state index in [1.165, 1.54) is 18.4 Å². The predicted octanol–water partition coefficient (Wildman–Crippen LogP) is 4.27. The van der Waals surface area contributed by atoms with Crippen molar-refractivity contribution in [1.82, 2.24) is 0 Å². The molecule has 1 unspecified atom stereocenters. The summed E-state index contributed by atoms with van der Waals surface area (Å²) in [4.78, 5) is 11.2. The molecule has 2 nitrogen and oxygen atoms in total. The van der Waals surface area contributed by atoms with Gasteiger partial charge in [-0.25, -0.2) is 0 Å². The van der Waals surface area contributed by atoms with E-state index in [2.05, 4.69) is 27.0 Å². The first-order valence-electron chi connectivity index (χ1n) is 6.36. The van der Waals surface area contributed by atoms with E-state index in [1.54, 1.807) is 0 Å². The fourth-order valence-corrected chi connectivity index (χ4v) is 1.57. The summed E-state index contributed by atoms with van der Waals surface area (Å²) in [5.41, 5.74) is 2.09. The van der Waals surface area contributed by atoms with Crippen LogP contribution in [0.1, 0.15) is 52.9 Å². The Morgan fingerprint density at radius 2 is 1.82 bits per heavy atom. The zero-order valence-corrected chi connectivity index (χ0v) is 11.6. The van der Waals surface area contributed by atoms with Crippen molar-refractivity contribution in [2.75, 3.05) is 6.61 Å². The van der Waals surface area contributed by atoms with Crippen molar-refractivity contribution in [3.63, 3.8) is 0 Å². The molecule has 0 aromatic heterocycles. The average molecular weight is 238 g/mol. The molecule has 0 bridgehead atoms. The molecule has 0 heterocycles. The van der Waals surface area contributed by atoms with Crippen molar-refractivity contribution in [2.24, 2.45) is 5.92 Å². The summed E-state index contributed by atoms with van der Waals surface area (Å²) in [6, 6.07) is 0. The van der Waals surface area contributed by atoms with E-state index in [1.807, 2.05) is 6.92 Å². The first-order valence-corrected chi connectivity index (χ1v) is 6.36. The average Bonchev–Trinajstić information content (AvgIpc) is 2.15. The Balaban J connectivity index is 3.50. The number of esters is 1. The lowest BCUT2D eigenvalue weighted by Gasteiger charge is -2.11. The van der Waals surface area contributed by atoms with Crippen LogP contribution in [0.2, 0.25) is 0 Å². The molecule has 17 heavy (non-hydrogen) atoms. The van der Waals surface area contributed by atoms with Crippen LogP contribution in [0.25, 0.3) is 0 Å². The van der Waals surface area contributed by atoms with Crippen molar-refractivity contribution in [3.8, 4) is 0 Å². The molecule has 0 fully saturated rings. The molecule has 1 atom stereocenters. The Bertz CT molecular complexity index is 266. The zero-order chi connectivity index (χ0) is 13.3. The lowest BCUT2D eigenvalue weighted by Crippen LogP contribution is -2.08. The summed E-state index contributed by atoms with van der Waals surface area (Å²) in [7, 11) is 0. The van der Waals surface area contributed by atoms with Crippen LogP contribution in [0.5, 0.6) is 0 Å². The molecular weight excluding hydrogens is 212 g/mol. The zero-order valence-electron chi connectivity index (χ0n) is 11.6. The number of carbonyl (C=O) groups is 1. The highest BCUT2D eigenvalue weighted by atomic mass is 16.5. The van der Waals surface area contributed by atoms with E-state index in [4.69, 9.17) is 4.74 Å². The summed E-state index contributed by atoms with van der Waals surface area (Å²) >= 11 is 0. The minimum absolute atomic E-state index is 0.161. The molecule has 0 aromatic carbocycles. The largest absolute Gasteiger partial charge is 0.465 e. The molecule has 0 saturated carbocycles. The van der Waals surface area contributed by atoms with E-state index < -0.39 is 0 Å². The highest BCUT2D eigenvalue weighted by Gasteiger charge is 2.06. The molecule has 0 aliphatic heterocycles. The summed E-state index contributed by atoms with van der Waals surface area (Å²) in [5, 5.41) is 0. The van der Waals surface area contributed by atoms with Crippen LogP contribution in [0.4, 0.5) is 0 Å². The smallest absolute Gasteiger partial charge is 0.309 e. The second kappa shape index (κ2) is 9.03. The predicted molar refractivity (Wildman–Crippen MR) is 72.8 cm³/mol. The summed E-state index contributed by atoms with van der Waals surface area (Å²) < 4.78 is 5.13. The number of allylic oxidation sites excluding steroid dienone is 1. The molecular formula is C15H26O2. The van der Waals surface area contributed by atoms with Crippen molar-refractivity contribution in [1.29, 1.82) is 0 Å². The minimum atomic E-state index is -0.161. The summed E-state index contributed by atoms with van der Waals surface area (Å²) in [5.74, 6) is 0.443. The first-order chi connectivity index (χ1) is 7.91. The van der Waals surface area contributed by atoms with Gasteiger partial charge in [-0.2, -0.15) is 0 Å². The maximum absolute atomic E-state index is 11.2. The summed E-state index contributed by atoms with van der Waals surface area (Å²) in [6.45, 7) is 14.2. The van der Waals surface area contributed by atoms with Gasteiger partial charge in [-0.3, -0.25) is 4.79 Å². The molecule has 0 aliphatic carbocycles. The fraction of sp³-hybridized carbons (Fsp3) is 0.667. The van der Waals surface area contributed by atoms with Crippen molar-refractivity contribution >= 4 is 5.97 Å². The maximum Gasteiger partial charge on any atom is 0.309 e. The first kappa shape index (κ1) is 16.0.